The van der Waals surface area contributed by atoms with Gasteiger partial charge in [0.1, 0.15) is 0 Å². The van der Waals surface area contributed by atoms with Gasteiger partial charge in [0, 0.05) is 18.8 Å². The van der Waals surface area contributed by atoms with Crippen molar-refractivity contribution in [2.24, 2.45) is 5.92 Å². The molecule has 1 aromatic carbocycles. The quantitative estimate of drug-likeness (QED) is 0.424. The first-order valence-electron chi connectivity index (χ1n) is 9.32. The smallest absolute Gasteiger partial charge is 0.397 e. The van der Waals surface area contributed by atoms with E-state index in [4.69, 9.17) is 4.74 Å². The van der Waals surface area contributed by atoms with Crippen molar-refractivity contribution in [2.45, 2.75) is 19.8 Å². The summed E-state index contributed by atoms with van der Waals surface area (Å²) in [4.78, 5) is 61.2. The van der Waals surface area contributed by atoms with Crippen LogP contribution in [-0.2, 0) is 28.6 Å². The number of amides is 2. The number of ether oxygens (including phenoxy) is 3. The van der Waals surface area contributed by atoms with Gasteiger partial charge < -0.3 is 24.4 Å². The molecule has 0 aliphatic carbocycles. The molecular formula is C20H24N2O8. The van der Waals surface area contributed by atoms with Crippen molar-refractivity contribution in [3.05, 3.63) is 29.3 Å². The molecular weight excluding hydrogens is 396 g/mol. The Morgan fingerprint density at radius 1 is 1.03 bits per heavy atom. The largest absolute Gasteiger partial charge is 0.465 e. The van der Waals surface area contributed by atoms with Crippen LogP contribution in [0.2, 0.25) is 0 Å². The minimum atomic E-state index is -1.11. The monoisotopic (exact) mass is 420 g/mol. The van der Waals surface area contributed by atoms with Gasteiger partial charge in [0.2, 0.25) is 0 Å². The van der Waals surface area contributed by atoms with E-state index < -0.39 is 36.3 Å². The molecule has 1 fully saturated rings. The second-order valence-electron chi connectivity index (χ2n) is 6.91. The summed E-state index contributed by atoms with van der Waals surface area (Å²) in [5, 5.41) is 2.40. The molecule has 2 rings (SSSR count). The van der Waals surface area contributed by atoms with Gasteiger partial charge in [-0.05, 0) is 37.0 Å². The van der Waals surface area contributed by atoms with Crippen LogP contribution in [0.25, 0.3) is 0 Å². The van der Waals surface area contributed by atoms with E-state index >= 15 is 0 Å². The minimum Gasteiger partial charge on any atom is -0.465 e. The van der Waals surface area contributed by atoms with Gasteiger partial charge in [-0.1, -0.05) is 6.92 Å². The highest BCUT2D eigenvalue weighted by Gasteiger charge is 2.27. The zero-order valence-electron chi connectivity index (χ0n) is 17.1. The van der Waals surface area contributed by atoms with Crippen LogP contribution in [0, 0.1) is 5.92 Å². The van der Waals surface area contributed by atoms with Crippen molar-refractivity contribution in [3.8, 4) is 0 Å². The van der Waals surface area contributed by atoms with Gasteiger partial charge in [-0.15, -0.1) is 0 Å². The average molecular weight is 420 g/mol. The highest BCUT2D eigenvalue weighted by atomic mass is 16.5. The lowest BCUT2D eigenvalue weighted by atomic mass is 10.0. The highest BCUT2D eigenvalue weighted by Crippen LogP contribution is 2.18. The molecule has 1 aliphatic rings. The van der Waals surface area contributed by atoms with Crippen LogP contribution in [0.5, 0.6) is 0 Å². The van der Waals surface area contributed by atoms with Crippen molar-refractivity contribution in [1.82, 2.24) is 4.90 Å². The van der Waals surface area contributed by atoms with E-state index in [-0.39, 0.29) is 16.8 Å². The zero-order valence-corrected chi connectivity index (χ0v) is 17.1. The predicted octanol–water partition coefficient (Wildman–Crippen LogP) is 1.000. The molecule has 1 aliphatic heterocycles. The summed E-state index contributed by atoms with van der Waals surface area (Å²) in [6, 6.07) is 3.84. The van der Waals surface area contributed by atoms with E-state index in [9.17, 15) is 24.0 Å². The number of hydrogen-bond donors (Lipinski definition) is 1. The lowest BCUT2D eigenvalue weighted by Gasteiger charge is -2.29. The van der Waals surface area contributed by atoms with E-state index in [0.717, 1.165) is 12.8 Å². The highest BCUT2D eigenvalue weighted by molar-refractivity contribution is 6.32. The maximum absolute atomic E-state index is 12.1. The van der Waals surface area contributed by atoms with Crippen LogP contribution in [-0.4, -0.2) is 68.5 Å². The molecule has 30 heavy (non-hydrogen) atoms. The Hall–Kier alpha value is -3.43. The Morgan fingerprint density at radius 2 is 1.63 bits per heavy atom. The molecule has 2 amide bonds. The number of rotatable bonds is 5. The third-order valence-electron chi connectivity index (χ3n) is 4.51. The van der Waals surface area contributed by atoms with Gasteiger partial charge in [-0.25, -0.2) is 14.4 Å². The van der Waals surface area contributed by atoms with Crippen LogP contribution >= 0.6 is 0 Å². The number of methoxy groups -OCH3 is 2. The van der Waals surface area contributed by atoms with Crippen LogP contribution < -0.4 is 5.32 Å². The molecule has 10 nitrogen and oxygen atoms in total. The van der Waals surface area contributed by atoms with Crippen LogP contribution in [0.15, 0.2) is 18.2 Å². The van der Waals surface area contributed by atoms with E-state index in [2.05, 4.69) is 14.8 Å². The summed E-state index contributed by atoms with van der Waals surface area (Å²) < 4.78 is 14.0. The Labute approximate surface area is 173 Å². The maximum atomic E-state index is 12.1. The molecule has 0 unspecified atom stereocenters. The Morgan fingerprint density at radius 3 is 2.17 bits per heavy atom. The van der Waals surface area contributed by atoms with E-state index in [1.54, 1.807) is 0 Å². The van der Waals surface area contributed by atoms with Gasteiger partial charge in [0.05, 0.1) is 25.3 Å². The van der Waals surface area contributed by atoms with E-state index in [1.807, 2.05) is 6.92 Å². The van der Waals surface area contributed by atoms with Crippen molar-refractivity contribution >= 4 is 35.4 Å². The number of nitrogens with one attached hydrogen (secondary N) is 1. The van der Waals surface area contributed by atoms with E-state index in [1.165, 1.54) is 37.3 Å². The summed E-state index contributed by atoms with van der Waals surface area (Å²) in [7, 11) is 2.34. The molecule has 1 atom stereocenters. The third-order valence-corrected chi connectivity index (χ3v) is 4.51. The molecule has 0 saturated carbocycles. The first-order valence-corrected chi connectivity index (χ1v) is 9.32. The maximum Gasteiger partial charge on any atom is 0.397 e. The lowest BCUT2D eigenvalue weighted by Crippen LogP contribution is -2.43. The number of benzene rings is 1. The molecule has 1 saturated heterocycles. The second kappa shape index (κ2) is 10.4. The van der Waals surface area contributed by atoms with Crippen LogP contribution in [0.1, 0.15) is 40.5 Å². The first kappa shape index (κ1) is 22.9. The number of carbonyl (C=O) groups excluding carboxylic acids is 5. The Bertz CT molecular complexity index is 817. The molecule has 1 N–H and O–H groups in total. The normalized spacial score (nSPS) is 15.7. The standard InChI is InChI=1S/C20H24N2O8/c1-12-5-4-6-22(10-12)17(24)20(27)30-11-16(23)21-15-8-13(18(25)28-2)7-14(9-15)19(26)29-3/h7-9,12H,4-6,10-11H2,1-3H3,(H,21,23)/t12-/m0/s1. The summed E-state index contributed by atoms with van der Waals surface area (Å²) in [5.41, 5.74) is 0.125. The first-order chi connectivity index (χ1) is 14.2. The zero-order chi connectivity index (χ0) is 22.3. The van der Waals surface area contributed by atoms with Crippen molar-refractivity contribution < 1.29 is 38.2 Å². The summed E-state index contributed by atoms with van der Waals surface area (Å²) in [6.07, 6.45) is 1.79. The lowest BCUT2D eigenvalue weighted by molar-refractivity contribution is -0.162. The molecule has 162 valence electrons. The molecule has 0 aromatic heterocycles. The topological polar surface area (TPSA) is 128 Å². The van der Waals surface area contributed by atoms with E-state index in [0.29, 0.717) is 19.0 Å². The van der Waals surface area contributed by atoms with Gasteiger partial charge >= 0.3 is 23.8 Å². The number of likely N-dealkylation sites (tertiary alicyclic amines) is 1. The Balaban J connectivity index is 1.99. The van der Waals surface area contributed by atoms with Gasteiger partial charge in [-0.3, -0.25) is 9.59 Å². The third kappa shape index (κ3) is 6.03. The molecule has 1 heterocycles. The summed E-state index contributed by atoms with van der Waals surface area (Å²) in [5.74, 6) is -3.79. The Kier molecular flexibility index (Phi) is 7.90. The van der Waals surface area contributed by atoms with Gasteiger partial charge in [0.15, 0.2) is 6.61 Å². The van der Waals surface area contributed by atoms with Crippen LogP contribution in [0.3, 0.4) is 0 Å². The van der Waals surface area contributed by atoms with Crippen LogP contribution in [0.4, 0.5) is 5.69 Å². The number of anilines is 1. The van der Waals surface area contributed by atoms with Crippen molar-refractivity contribution in [3.63, 3.8) is 0 Å². The number of esters is 3. The number of piperidine rings is 1. The van der Waals surface area contributed by atoms with Crippen molar-refractivity contribution in [1.29, 1.82) is 0 Å². The molecule has 10 heteroatoms. The summed E-state index contributed by atoms with van der Waals surface area (Å²) >= 11 is 0. The average Bonchev–Trinajstić information content (AvgIpc) is 2.75. The minimum absolute atomic E-state index is 0.0158. The fourth-order valence-electron chi connectivity index (χ4n) is 3.06. The van der Waals surface area contributed by atoms with Gasteiger partial charge in [0.25, 0.3) is 5.91 Å². The number of carbonyl (C=O) groups is 5. The van der Waals surface area contributed by atoms with Crippen molar-refractivity contribution in [2.75, 3.05) is 39.2 Å². The van der Waals surface area contributed by atoms with Gasteiger partial charge in [-0.2, -0.15) is 0 Å². The molecule has 0 bridgehead atoms. The fourth-order valence-corrected chi connectivity index (χ4v) is 3.06. The predicted molar refractivity (Wildman–Crippen MR) is 104 cm³/mol. The second-order valence-corrected chi connectivity index (χ2v) is 6.91. The molecule has 0 radical (unpaired) electrons. The molecule has 1 aromatic rings. The summed E-state index contributed by atoms with van der Waals surface area (Å²) in [6.45, 7) is 2.23. The SMILES string of the molecule is COC(=O)c1cc(NC(=O)COC(=O)C(=O)N2CCC[C@H](C)C2)cc(C(=O)OC)c1. The number of hydrogen-bond acceptors (Lipinski definition) is 8. The molecule has 0 spiro atoms. The fraction of sp³-hybridized carbons (Fsp3) is 0.450. The number of nitrogens with zero attached hydrogens (tertiary/aromatic N) is 1.